The van der Waals surface area contributed by atoms with Crippen molar-refractivity contribution in [3.8, 4) is 0 Å². The second-order valence-electron chi connectivity index (χ2n) is 5.65. The zero-order valence-electron chi connectivity index (χ0n) is 12.3. The van der Waals surface area contributed by atoms with Crippen molar-refractivity contribution in [2.24, 2.45) is 11.7 Å². The quantitative estimate of drug-likeness (QED) is 0.802. The zero-order valence-corrected chi connectivity index (χ0v) is 12.3. The Morgan fingerprint density at radius 1 is 1.17 bits per heavy atom. The van der Waals surface area contributed by atoms with Crippen LogP contribution in [0.25, 0.3) is 0 Å². The van der Waals surface area contributed by atoms with E-state index in [1.54, 1.807) is 0 Å². The lowest BCUT2D eigenvalue weighted by Gasteiger charge is -2.22. The topological polar surface area (TPSA) is 29.3 Å². The summed E-state index contributed by atoms with van der Waals surface area (Å²) in [5, 5.41) is 0. The van der Waals surface area contributed by atoms with Gasteiger partial charge >= 0.3 is 0 Å². The Bertz CT molecular complexity index is 329. The Morgan fingerprint density at radius 3 is 2.28 bits per heavy atom. The SMILES string of the molecule is CCc1ccc(C(N)CN(C)CCC(C)C)cc1. The fourth-order valence-corrected chi connectivity index (χ4v) is 2.01. The van der Waals surface area contributed by atoms with E-state index < -0.39 is 0 Å². The summed E-state index contributed by atoms with van der Waals surface area (Å²) in [5.74, 6) is 0.757. The maximum Gasteiger partial charge on any atom is 0.0424 e. The molecule has 0 aliphatic carbocycles. The van der Waals surface area contributed by atoms with Crippen molar-refractivity contribution in [3.05, 3.63) is 35.4 Å². The van der Waals surface area contributed by atoms with Gasteiger partial charge in [-0.1, -0.05) is 45.0 Å². The number of benzene rings is 1. The molecule has 18 heavy (non-hydrogen) atoms. The molecule has 1 aromatic carbocycles. The summed E-state index contributed by atoms with van der Waals surface area (Å²) in [4.78, 5) is 2.33. The van der Waals surface area contributed by atoms with Gasteiger partial charge in [0.05, 0.1) is 0 Å². The molecule has 0 heterocycles. The molecule has 0 spiro atoms. The predicted octanol–water partition coefficient (Wildman–Crippen LogP) is 3.23. The van der Waals surface area contributed by atoms with Crippen LogP contribution in [0.3, 0.4) is 0 Å². The number of aryl methyl sites for hydroxylation is 1. The molecule has 0 saturated heterocycles. The van der Waals surface area contributed by atoms with Gasteiger partial charge in [-0.25, -0.2) is 0 Å². The number of nitrogens with two attached hydrogens (primary N) is 1. The average Bonchev–Trinajstić information content (AvgIpc) is 2.36. The first-order chi connectivity index (χ1) is 8.52. The predicted molar refractivity (Wildman–Crippen MR) is 79.7 cm³/mol. The largest absolute Gasteiger partial charge is 0.323 e. The normalized spacial score (nSPS) is 13.3. The number of hydrogen-bond donors (Lipinski definition) is 1. The molecular weight excluding hydrogens is 220 g/mol. The van der Waals surface area contributed by atoms with E-state index in [0.29, 0.717) is 0 Å². The van der Waals surface area contributed by atoms with Crippen molar-refractivity contribution in [2.75, 3.05) is 20.1 Å². The van der Waals surface area contributed by atoms with Gasteiger partial charge in [0, 0.05) is 12.6 Å². The van der Waals surface area contributed by atoms with Crippen molar-refractivity contribution < 1.29 is 0 Å². The summed E-state index contributed by atoms with van der Waals surface area (Å²) < 4.78 is 0. The van der Waals surface area contributed by atoms with E-state index >= 15 is 0 Å². The molecule has 0 aromatic heterocycles. The van der Waals surface area contributed by atoms with Gasteiger partial charge in [-0.3, -0.25) is 0 Å². The van der Waals surface area contributed by atoms with Gasteiger partial charge < -0.3 is 10.6 Å². The third-order valence-electron chi connectivity index (χ3n) is 3.41. The van der Waals surface area contributed by atoms with Crippen LogP contribution in [-0.4, -0.2) is 25.0 Å². The third kappa shape index (κ3) is 5.19. The van der Waals surface area contributed by atoms with Gasteiger partial charge in [-0.2, -0.15) is 0 Å². The molecule has 2 heteroatoms. The van der Waals surface area contributed by atoms with Crippen molar-refractivity contribution in [2.45, 2.75) is 39.7 Å². The standard InChI is InChI=1S/C16H28N2/c1-5-14-6-8-15(9-7-14)16(17)12-18(4)11-10-13(2)3/h6-9,13,16H,5,10-12,17H2,1-4H3. The lowest BCUT2D eigenvalue weighted by Crippen LogP contribution is -2.30. The van der Waals surface area contributed by atoms with E-state index in [1.165, 1.54) is 17.5 Å². The van der Waals surface area contributed by atoms with Crippen LogP contribution in [0.15, 0.2) is 24.3 Å². The van der Waals surface area contributed by atoms with Crippen molar-refractivity contribution in [1.82, 2.24) is 4.90 Å². The maximum absolute atomic E-state index is 6.25. The van der Waals surface area contributed by atoms with Gasteiger partial charge in [0.25, 0.3) is 0 Å². The first-order valence-corrected chi connectivity index (χ1v) is 7.05. The summed E-state index contributed by atoms with van der Waals surface area (Å²) in [6, 6.07) is 8.82. The minimum atomic E-state index is 0.119. The fraction of sp³-hybridized carbons (Fsp3) is 0.625. The summed E-state index contributed by atoms with van der Waals surface area (Å²) >= 11 is 0. The minimum absolute atomic E-state index is 0.119. The van der Waals surface area contributed by atoms with Crippen LogP contribution in [0.4, 0.5) is 0 Å². The van der Waals surface area contributed by atoms with Crippen molar-refractivity contribution >= 4 is 0 Å². The smallest absolute Gasteiger partial charge is 0.0424 e. The highest BCUT2D eigenvalue weighted by Gasteiger charge is 2.09. The summed E-state index contributed by atoms with van der Waals surface area (Å²) in [5.41, 5.74) is 8.87. The van der Waals surface area contributed by atoms with E-state index in [4.69, 9.17) is 5.73 Å². The lowest BCUT2D eigenvalue weighted by atomic mass is 10.0. The van der Waals surface area contributed by atoms with E-state index in [2.05, 4.69) is 57.0 Å². The Balaban J connectivity index is 2.45. The molecule has 1 aromatic rings. The highest BCUT2D eigenvalue weighted by atomic mass is 15.1. The highest BCUT2D eigenvalue weighted by Crippen LogP contribution is 2.13. The number of rotatable bonds is 7. The molecule has 102 valence electrons. The second kappa shape index (κ2) is 7.55. The molecular formula is C16H28N2. The van der Waals surface area contributed by atoms with Gasteiger partial charge in [-0.15, -0.1) is 0 Å². The molecule has 1 atom stereocenters. The Hall–Kier alpha value is -0.860. The van der Waals surface area contributed by atoms with Crippen LogP contribution >= 0.6 is 0 Å². The molecule has 2 nitrogen and oxygen atoms in total. The Labute approximate surface area is 112 Å². The number of nitrogens with zero attached hydrogens (tertiary/aromatic N) is 1. The minimum Gasteiger partial charge on any atom is -0.323 e. The molecule has 0 saturated carbocycles. The van der Waals surface area contributed by atoms with Gasteiger partial charge in [0.15, 0.2) is 0 Å². The molecule has 0 aliphatic rings. The van der Waals surface area contributed by atoms with Crippen LogP contribution in [0, 0.1) is 5.92 Å². The van der Waals surface area contributed by atoms with Crippen molar-refractivity contribution in [3.63, 3.8) is 0 Å². The van der Waals surface area contributed by atoms with Crippen LogP contribution in [-0.2, 0) is 6.42 Å². The van der Waals surface area contributed by atoms with Crippen molar-refractivity contribution in [1.29, 1.82) is 0 Å². The second-order valence-corrected chi connectivity index (χ2v) is 5.65. The highest BCUT2D eigenvalue weighted by molar-refractivity contribution is 5.25. The van der Waals surface area contributed by atoms with Crippen LogP contribution in [0.1, 0.15) is 44.4 Å². The molecule has 0 aliphatic heterocycles. The summed E-state index contributed by atoms with van der Waals surface area (Å²) in [6.45, 7) is 8.75. The summed E-state index contributed by atoms with van der Waals surface area (Å²) in [6.07, 6.45) is 2.32. The molecule has 0 amide bonds. The van der Waals surface area contributed by atoms with Gasteiger partial charge in [0.1, 0.15) is 0 Å². The van der Waals surface area contributed by atoms with Gasteiger partial charge in [-0.05, 0) is 43.5 Å². The molecule has 2 N–H and O–H groups in total. The Morgan fingerprint density at radius 2 is 1.78 bits per heavy atom. The molecule has 0 fully saturated rings. The van der Waals surface area contributed by atoms with E-state index in [9.17, 15) is 0 Å². The van der Waals surface area contributed by atoms with E-state index in [-0.39, 0.29) is 6.04 Å². The monoisotopic (exact) mass is 248 g/mol. The van der Waals surface area contributed by atoms with Crippen LogP contribution < -0.4 is 5.73 Å². The molecule has 1 rings (SSSR count). The summed E-state index contributed by atoms with van der Waals surface area (Å²) in [7, 11) is 2.16. The van der Waals surface area contributed by atoms with E-state index in [1.807, 2.05) is 0 Å². The van der Waals surface area contributed by atoms with Crippen LogP contribution in [0.5, 0.6) is 0 Å². The maximum atomic E-state index is 6.25. The van der Waals surface area contributed by atoms with E-state index in [0.717, 1.165) is 25.4 Å². The van der Waals surface area contributed by atoms with Crippen LogP contribution in [0.2, 0.25) is 0 Å². The first-order valence-electron chi connectivity index (χ1n) is 7.05. The first kappa shape index (κ1) is 15.2. The lowest BCUT2D eigenvalue weighted by molar-refractivity contribution is 0.293. The average molecular weight is 248 g/mol. The number of hydrogen-bond acceptors (Lipinski definition) is 2. The molecule has 0 radical (unpaired) electrons. The van der Waals surface area contributed by atoms with Gasteiger partial charge in [0.2, 0.25) is 0 Å². The molecule has 0 bridgehead atoms. The number of likely N-dealkylation sites (N-methyl/N-ethyl adjacent to an activating group) is 1. The fourth-order valence-electron chi connectivity index (χ4n) is 2.01. The third-order valence-corrected chi connectivity index (χ3v) is 3.41. The molecule has 1 unspecified atom stereocenters. The Kier molecular flexibility index (Phi) is 6.37. The zero-order chi connectivity index (χ0) is 13.5.